The summed E-state index contributed by atoms with van der Waals surface area (Å²) in [5.74, 6) is 0.0603. The number of rotatable bonds is 7. The minimum absolute atomic E-state index is 0.0603. The Labute approximate surface area is 161 Å². The van der Waals surface area contributed by atoms with E-state index in [0.29, 0.717) is 11.3 Å². The number of aryl methyl sites for hydroxylation is 1. The summed E-state index contributed by atoms with van der Waals surface area (Å²) in [5, 5.41) is 3.06. The van der Waals surface area contributed by atoms with Gasteiger partial charge in [-0.15, -0.1) is 0 Å². The van der Waals surface area contributed by atoms with E-state index in [1.807, 2.05) is 32.0 Å². The third kappa shape index (κ3) is 4.00. The molecule has 1 unspecified atom stereocenters. The fraction of sp³-hybridized carbons (Fsp3) is 0.381. The van der Waals surface area contributed by atoms with Crippen molar-refractivity contribution >= 4 is 21.6 Å². The van der Waals surface area contributed by atoms with E-state index in [4.69, 9.17) is 0 Å². The molecule has 1 aliphatic rings. The average Bonchev–Trinajstić information content (AvgIpc) is 3.44. The summed E-state index contributed by atoms with van der Waals surface area (Å²) in [4.78, 5) is 12.9. The quantitative estimate of drug-likeness (QED) is 0.761. The zero-order valence-corrected chi connectivity index (χ0v) is 16.8. The molecule has 2 N–H and O–H groups in total. The average molecular weight is 387 g/mol. The van der Waals surface area contributed by atoms with Gasteiger partial charge in [0.05, 0.1) is 10.3 Å². The number of hydrogen-bond acceptors (Lipinski definition) is 3. The molecule has 0 saturated heterocycles. The summed E-state index contributed by atoms with van der Waals surface area (Å²) in [6.07, 6.45) is 2.54. The van der Waals surface area contributed by atoms with Crippen LogP contribution in [0.3, 0.4) is 0 Å². The first-order valence-corrected chi connectivity index (χ1v) is 10.8. The highest BCUT2D eigenvalue weighted by molar-refractivity contribution is 7.92. The molecule has 0 radical (unpaired) electrons. The van der Waals surface area contributed by atoms with Gasteiger partial charge in [-0.1, -0.05) is 37.3 Å². The van der Waals surface area contributed by atoms with Crippen molar-refractivity contribution in [2.24, 2.45) is 0 Å². The zero-order valence-electron chi connectivity index (χ0n) is 16.0. The lowest BCUT2D eigenvalue weighted by atomic mass is 9.94. The maximum Gasteiger partial charge on any atom is 0.262 e. The third-order valence-electron chi connectivity index (χ3n) is 5.25. The second kappa shape index (κ2) is 7.35. The van der Waals surface area contributed by atoms with Crippen molar-refractivity contribution in [3.05, 3.63) is 59.7 Å². The monoisotopic (exact) mass is 386 g/mol. The van der Waals surface area contributed by atoms with E-state index in [-0.39, 0.29) is 16.8 Å². The maximum atomic E-state index is 12.6. The number of amides is 1. The van der Waals surface area contributed by atoms with Crippen LogP contribution in [0.5, 0.6) is 0 Å². The fourth-order valence-electron chi connectivity index (χ4n) is 3.16. The van der Waals surface area contributed by atoms with Gasteiger partial charge in [-0.3, -0.25) is 9.52 Å². The Hall–Kier alpha value is -2.34. The molecule has 0 aliphatic heterocycles. The van der Waals surface area contributed by atoms with Crippen LogP contribution in [0.25, 0.3) is 0 Å². The molecule has 0 bridgehead atoms. The first-order valence-electron chi connectivity index (χ1n) is 9.28. The molecule has 1 amide bonds. The third-order valence-corrected chi connectivity index (χ3v) is 6.79. The molecule has 3 rings (SSSR count). The van der Waals surface area contributed by atoms with Crippen LogP contribution in [0.2, 0.25) is 0 Å². The summed E-state index contributed by atoms with van der Waals surface area (Å²) in [6, 6.07) is 14.2. The molecular formula is C21H26N2O3S. The van der Waals surface area contributed by atoms with Crippen LogP contribution in [0, 0.1) is 6.92 Å². The van der Waals surface area contributed by atoms with E-state index in [2.05, 4.69) is 10.0 Å². The van der Waals surface area contributed by atoms with E-state index in [0.717, 1.165) is 24.8 Å². The predicted octanol–water partition coefficient (Wildman–Crippen LogP) is 3.74. The number of carbonyl (C=O) groups excluding carboxylic acids is 1. The summed E-state index contributed by atoms with van der Waals surface area (Å²) >= 11 is 0. The molecule has 5 nitrogen and oxygen atoms in total. The molecule has 2 aromatic carbocycles. The van der Waals surface area contributed by atoms with Gasteiger partial charge < -0.3 is 5.32 Å². The van der Waals surface area contributed by atoms with Gasteiger partial charge in [0, 0.05) is 11.7 Å². The maximum absolute atomic E-state index is 12.6. The molecule has 1 atom stereocenters. The van der Waals surface area contributed by atoms with Gasteiger partial charge in [0.2, 0.25) is 5.91 Å². The Balaban J connectivity index is 1.76. The Bertz CT molecular complexity index is 932. The van der Waals surface area contributed by atoms with Gasteiger partial charge in [-0.05, 0) is 62.4 Å². The lowest BCUT2D eigenvalue weighted by Gasteiger charge is -2.19. The van der Waals surface area contributed by atoms with Gasteiger partial charge in [0.25, 0.3) is 10.0 Å². The van der Waals surface area contributed by atoms with E-state index in [9.17, 15) is 13.2 Å². The van der Waals surface area contributed by atoms with Gasteiger partial charge in [-0.2, -0.15) is 0 Å². The Morgan fingerprint density at radius 3 is 2.30 bits per heavy atom. The molecule has 27 heavy (non-hydrogen) atoms. The van der Waals surface area contributed by atoms with Crippen LogP contribution in [-0.4, -0.2) is 20.4 Å². The van der Waals surface area contributed by atoms with Gasteiger partial charge in [0.15, 0.2) is 0 Å². The van der Waals surface area contributed by atoms with Crippen molar-refractivity contribution < 1.29 is 13.2 Å². The SMILES string of the molecule is CCC(C)NC(=O)C1(c2ccc(NS(=O)(=O)c3ccccc3C)cc2)CC1. The summed E-state index contributed by atoms with van der Waals surface area (Å²) in [6.45, 7) is 5.81. The molecule has 1 aliphatic carbocycles. The largest absolute Gasteiger partial charge is 0.353 e. The van der Waals surface area contributed by atoms with Crippen molar-refractivity contribution in [1.29, 1.82) is 0 Å². The number of carbonyl (C=O) groups is 1. The highest BCUT2D eigenvalue weighted by atomic mass is 32.2. The molecule has 0 spiro atoms. The van der Waals surface area contributed by atoms with Crippen LogP contribution < -0.4 is 10.0 Å². The topological polar surface area (TPSA) is 75.3 Å². The first kappa shape index (κ1) is 19.4. The molecule has 2 aromatic rings. The van der Waals surface area contributed by atoms with Crippen LogP contribution in [0.15, 0.2) is 53.4 Å². The molecule has 1 fully saturated rings. The summed E-state index contributed by atoms with van der Waals surface area (Å²) < 4.78 is 27.8. The molecule has 0 aromatic heterocycles. The standard InChI is InChI=1S/C21H26N2O3S/c1-4-16(3)22-20(24)21(13-14-21)17-9-11-18(12-10-17)23-27(25,26)19-8-6-5-7-15(19)2/h5-12,16,23H,4,13-14H2,1-3H3,(H,22,24). The lowest BCUT2D eigenvalue weighted by Crippen LogP contribution is -2.39. The minimum atomic E-state index is -3.64. The van der Waals surface area contributed by atoms with Crippen LogP contribution in [0.1, 0.15) is 44.2 Å². The number of hydrogen-bond donors (Lipinski definition) is 2. The first-order chi connectivity index (χ1) is 12.8. The van der Waals surface area contributed by atoms with E-state index in [1.54, 1.807) is 37.3 Å². The molecule has 6 heteroatoms. The zero-order chi connectivity index (χ0) is 19.7. The molecule has 144 valence electrons. The fourth-order valence-corrected chi connectivity index (χ4v) is 4.47. The van der Waals surface area contributed by atoms with Crippen LogP contribution in [0.4, 0.5) is 5.69 Å². The second-order valence-electron chi connectivity index (χ2n) is 7.31. The van der Waals surface area contributed by atoms with Crippen molar-refractivity contribution in [2.75, 3.05) is 4.72 Å². The van der Waals surface area contributed by atoms with Gasteiger partial charge in [0.1, 0.15) is 0 Å². The van der Waals surface area contributed by atoms with Gasteiger partial charge >= 0.3 is 0 Å². The Morgan fingerprint density at radius 1 is 1.11 bits per heavy atom. The van der Waals surface area contributed by atoms with Crippen LogP contribution >= 0.6 is 0 Å². The normalized spacial score (nSPS) is 16.4. The van der Waals surface area contributed by atoms with E-state index in [1.165, 1.54) is 0 Å². The van der Waals surface area contributed by atoms with Crippen LogP contribution in [-0.2, 0) is 20.2 Å². The molecular weight excluding hydrogens is 360 g/mol. The Kier molecular flexibility index (Phi) is 5.29. The highest BCUT2D eigenvalue weighted by Crippen LogP contribution is 2.48. The predicted molar refractivity (Wildman–Crippen MR) is 107 cm³/mol. The minimum Gasteiger partial charge on any atom is -0.353 e. The van der Waals surface area contributed by atoms with Crippen molar-refractivity contribution in [3.63, 3.8) is 0 Å². The van der Waals surface area contributed by atoms with Crippen molar-refractivity contribution in [3.8, 4) is 0 Å². The summed E-state index contributed by atoms with van der Waals surface area (Å²) in [7, 11) is -3.64. The number of sulfonamides is 1. The molecule has 1 saturated carbocycles. The highest BCUT2D eigenvalue weighted by Gasteiger charge is 2.51. The van der Waals surface area contributed by atoms with Gasteiger partial charge in [-0.25, -0.2) is 8.42 Å². The van der Waals surface area contributed by atoms with E-state index >= 15 is 0 Å². The van der Waals surface area contributed by atoms with Crippen molar-refractivity contribution in [1.82, 2.24) is 5.32 Å². The van der Waals surface area contributed by atoms with Crippen molar-refractivity contribution in [2.45, 2.75) is 56.4 Å². The Morgan fingerprint density at radius 2 is 1.74 bits per heavy atom. The smallest absolute Gasteiger partial charge is 0.262 e. The summed E-state index contributed by atoms with van der Waals surface area (Å²) in [5.41, 5.74) is 1.65. The number of benzene rings is 2. The lowest BCUT2D eigenvalue weighted by molar-refractivity contribution is -0.124. The molecule has 0 heterocycles. The number of anilines is 1. The van der Waals surface area contributed by atoms with E-state index < -0.39 is 15.4 Å². The number of nitrogens with one attached hydrogen (secondary N) is 2. The second-order valence-corrected chi connectivity index (χ2v) is 8.96.